The minimum absolute atomic E-state index is 0.189. The van der Waals surface area contributed by atoms with Gasteiger partial charge in [-0.05, 0) is 47.7 Å². The normalized spacial score (nSPS) is 16.7. The standard InChI is InChI=1S/C22H16ClF3N4O4S/c1-32-17-11-12(6-7-16(17)34-9-8-33-15-5-3-2-4-14(15)23)10-13-18(27)30-21(28-19(13)31)35-20(29-30)22(24,25)26/h2-7,10-11,27H,8-9H2,1H3. The summed E-state index contributed by atoms with van der Waals surface area (Å²) in [5.74, 6) is -0.0883. The Balaban J connectivity index is 1.46. The van der Waals surface area contributed by atoms with Crippen molar-refractivity contribution in [3.63, 3.8) is 0 Å². The number of halogens is 4. The second-order valence-electron chi connectivity index (χ2n) is 6.96. The molecule has 0 aliphatic carbocycles. The maximum atomic E-state index is 13.0. The number of hydrogen-bond acceptors (Lipinski definition) is 7. The van der Waals surface area contributed by atoms with Gasteiger partial charge in [0.25, 0.3) is 5.91 Å². The van der Waals surface area contributed by atoms with Gasteiger partial charge in [-0.15, -0.1) is 0 Å². The first-order valence-corrected chi connectivity index (χ1v) is 11.1. The van der Waals surface area contributed by atoms with Crippen molar-refractivity contribution in [1.82, 2.24) is 5.01 Å². The molecule has 0 atom stereocenters. The maximum Gasteiger partial charge on any atom is 0.441 e. The Morgan fingerprint density at radius 1 is 1.11 bits per heavy atom. The first kappa shape index (κ1) is 24.6. The van der Waals surface area contributed by atoms with E-state index in [1.807, 2.05) is 0 Å². The number of para-hydroxylation sites is 1. The predicted octanol–water partition coefficient (Wildman–Crippen LogP) is 4.99. The van der Waals surface area contributed by atoms with Crippen molar-refractivity contribution in [2.24, 2.45) is 10.1 Å². The lowest BCUT2D eigenvalue weighted by atomic mass is 10.1. The number of carbonyl (C=O) groups is 1. The summed E-state index contributed by atoms with van der Waals surface area (Å²) in [6.45, 7) is 0.410. The van der Waals surface area contributed by atoms with Gasteiger partial charge in [-0.25, -0.2) is 0 Å². The third-order valence-electron chi connectivity index (χ3n) is 4.63. The Kier molecular flexibility index (Phi) is 7.03. The topological polar surface area (TPSA) is 96.6 Å². The second-order valence-corrected chi connectivity index (χ2v) is 8.32. The average Bonchev–Trinajstić information content (AvgIpc) is 3.26. The van der Waals surface area contributed by atoms with E-state index in [0.29, 0.717) is 32.8 Å². The lowest BCUT2D eigenvalue weighted by molar-refractivity contribution is -0.114. The van der Waals surface area contributed by atoms with Crippen LogP contribution in [0.25, 0.3) is 6.08 Å². The summed E-state index contributed by atoms with van der Waals surface area (Å²) >= 11 is 6.24. The molecule has 0 saturated heterocycles. The van der Waals surface area contributed by atoms with Crippen LogP contribution in [-0.4, -0.2) is 53.5 Å². The first-order chi connectivity index (χ1) is 16.7. The van der Waals surface area contributed by atoms with E-state index in [1.165, 1.54) is 13.2 Å². The van der Waals surface area contributed by atoms with E-state index in [1.54, 1.807) is 42.5 Å². The first-order valence-electron chi connectivity index (χ1n) is 9.93. The van der Waals surface area contributed by atoms with E-state index in [-0.39, 0.29) is 35.7 Å². The second kappa shape index (κ2) is 10.0. The van der Waals surface area contributed by atoms with Crippen molar-refractivity contribution in [3.8, 4) is 17.2 Å². The summed E-state index contributed by atoms with van der Waals surface area (Å²) < 4.78 is 55.5. The molecule has 0 aromatic heterocycles. The molecule has 2 aliphatic rings. The van der Waals surface area contributed by atoms with E-state index in [0.717, 1.165) is 0 Å². The van der Waals surface area contributed by atoms with Gasteiger partial charge in [0.15, 0.2) is 17.3 Å². The van der Waals surface area contributed by atoms with E-state index in [4.69, 9.17) is 31.2 Å². The van der Waals surface area contributed by atoms with Gasteiger partial charge in [-0.2, -0.15) is 28.3 Å². The molecular weight excluding hydrogens is 509 g/mol. The van der Waals surface area contributed by atoms with Gasteiger partial charge in [0.1, 0.15) is 19.0 Å². The van der Waals surface area contributed by atoms with Gasteiger partial charge in [-0.1, -0.05) is 29.8 Å². The van der Waals surface area contributed by atoms with E-state index >= 15 is 0 Å². The van der Waals surface area contributed by atoms with Crippen LogP contribution in [0.5, 0.6) is 17.2 Å². The molecule has 0 fully saturated rings. The number of hydrogen-bond donors (Lipinski definition) is 1. The molecule has 0 saturated carbocycles. The highest BCUT2D eigenvalue weighted by Crippen LogP contribution is 2.36. The third-order valence-corrected chi connectivity index (χ3v) is 5.90. The van der Waals surface area contributed by atoms with Gasteiger partial charge in [0.2, 0.25) is 10.2 Å². The molecule has 13 heteroatoms. The van der Waals surface area contributed by atoms with Gasteiger partial charge in [0, 0.05) is 0 Å². The molecule has 2 aromatic rings. The van der Waals surface area contributed by atoms with Crippen LogP contribution < -0.4 is 14.2 Å². The average molecular weight is 525 g/mol. The molecule has 0 bridgehead atoms. The summed E-state index contributed by atoms with van der Waals surface area (Å²) in [6.07, 6.45) is -3.39. The highest BCUT2D eigenvalue weighted by molar-refractivity contribution is 8.27. The van der Waals surface area contributed by atoms with E-state index in [2.05, 4.69) is 10.1 Å². The number of hydrazone groups is 1. The van der Waals surface area contributed by atoms with E-state index in [9.17, 15) is 18.0 Å². The number of nitrogens with one attached hydrogen (secondary N) is 1. The molecule has 0 radical (unpaired) electrons. The number of rotatable bonds is 7. The van der Waals surface area contributed by atoms with Crippen LogP contribution in [0, 0.1) is 5.41 Å². The number of methoxy groups -OCH3 is 1. The molecule has 0 spiro atoms. The highest BCUT2D eigenvalue weighted by Gasteiger charge is 2.46. The zero-order valence-corrected chi connectivity index (χ0v) is 19.5. The number of alkyl halides is 3. The molecule has 1 amide bonds. The molecule has 4 rings (SSSR count). The Morgan fingerprint density at radius 3 is 2.51 bits per heavy atom. The molecule has 0 unspecified atom stereocenters. The number of thioether (sulfide) groups is 1. The predicted molar refractivity (Wildman–Crippen MR) is 127 cm³/mol. The Morgan fingerprint density at radius 2 is 1.83 bits per heavy atom. The van der Waals surface area contributed by atoms with Crippen molar-refractivity contribution in [2.75, 3.05) is 20.3 Å². The van der Waals surface area contributed by atoms with E-state index < -0.39 is 23.0 Å². The van der Waals surface area contributed by atoms with Crippen molar-refractivity contribution in [2.45, 2.75) is 6.18 Å². The fourth-order valence-electron chi connectivity index (χ4n) is 3.03. The van der Waals surface area contributed by atoms with Crippen LogP contribution in [0.4, 0.5) is 13.2 Å². The summed E-state index contributed by atoms with van der Waals surface area (Å²) in [4.78, 5) is 16.0. The third kappa shape index (κ3) is 5.43. The summed E-state index contributed by atoms with van der Waals surface area (Å²) in [5, 5.41) is 11.2. The number of benzene rings is 2. The largest absolute Gasteiger partial charge is 0.493 e. The molecular formula is C22H16ClF3N4O4S. The quantitative estimate of drug-likeness (QED) is 0.405. The number of fused-ring (bicyclic) bond motifs is 1. The zero-order chi connectivity index (χ0) is 25.2. The Labute approximate surface area is 206 Å². The highest BCUT2D eigenvalue weighted by atomic mass is 35.5. The Bertz CT molecular complexity index is 1280. The molecule has 2 heterocycles. The zero-order valence-electron chi connectivity index (χ0n) is 17.9. The number of carbonyl (C=O) groups excluding carboxylic acids is 1. The summed E-state index contributed by atoms with van der Waals surface area (Å²) in [6, 6.07) is 11.8. The van der Waals surface area contributed by atoms with Crippen LogP contribution in [0.15, 0.2) is 58.1 Å². The molecule has 35 heavy (non-hydrogen) atoms. The lowest BCUT2D eigenvalue weighted by Crippen LogP contribution is -2.35. The molecule has 2 aromatic carbocycles. The Hall–Kier alpha value is -3.51. The number of amides is 1. The monoisotopic (exact) mass is 524 g/mol. The van der Waals surface area contributed by atoms with Crippen LogP contribution in [-0.2, 0) is 4.79 Å². The van der Waals surface area contributed by atoms with Crippen molar-refractivity contribution in [1.29, 1.82) is 5.41 Å². The van der Waals surface area contributed by atoms with Crippen molar-refractivity contribution in [3.05, 3.63) is 58.6 Å². The van der Waals surface area contributed by atoms with Crippen molar-refractivity contribution < 1.29 is 32.2 Å². The van der Waals surface area contributed by atoms with Crippen LogP contribution in [0.3, 0.4) is 0 Å². The number of ether oxygens (including phenoxy) is 3. The molecule has 8 nitrogen and oxygen atoms in total. The molecule has 2 aliphatic heterocycles. The van der Waals surface area contributed by atoms with Crippen LogP contribution >= 0.6 is 23.4 Å². The fraction of sp³-hybridized carbons (Fsp3) is 0.182. The smallest absolute Gasteiger partial charge is 0.441 e. The molecule has 182 valence electrons. The minimum atomic E-state index is -4.71. The van der Waals surface area contributed by atoms with Gasteiger partial charge in [0.05, 0.1) is 17.7 Å². The van der Waals surface area contributed by atoms with Crippen LogP contribution in [0.1, 0.15) is 5.56 Å². The summed E-state index contributed by atoms with van der Waals surface area (Å²) in [5.41, 5.74) is 0.227. The SMILES string of the molecule is COc1cc(C=C2C(=N)N3N=C(C(F)(F)F)SC3=NC2=O)ccc1OCCOc1ccccc1Cl. The number of nitrogens with zero attached hydrogens (tertiary/aromatic N) is 3. The minimum Gasteiger partial charge on any atom is -0.493 e. The van der Waals surface area contributed by atoms with Gasteiger partial charge in [-0.3, -0.25) is 10.2 Å². The van der Waals surface area contributed by atoms with Gasteiger partial charge >= 0.3 is 6.18 Å². The van der Waals surface area contributed by atoms with Crippen molar-refractivity contribution >= 4 is 51.4 Å². The fourth-order valence-corrected chi connectivity index (χ4v) is 3.98. The summed E-state index contributed by atoms with van der Waals surface area (Å²) in [7, 11) is 1.43. The molecule has 1 N–H and O–H groups in total. The number of amidine groups is 2. The lowest BCUT2D eigenvalue weighted by Gasteiger charge is -2.20. The maximum absolute atomic E-state index is 13.0. The van der Waals surface area contributed by atoms with Gasteiger partial charge < -0.3 is 14.2 Å². The van der Waals surface area contributed by atoms with Crippen LogP contribution in [0.2, 0.25) is 5.02 Å². The number of aliphatic imine (C=N–C) groups is 1.